The van der Waals surface area contributed by atoms with Crippen LogP contribution < -0.4 is 10.6 Å². The van der Waals surface area contributed by atoms with E-state index in [1.54, 1.807) is 0 Å². The van der Waals surface area contributed by atoms with Crippen molar-refractivity contribution in [3.8, 4) is 0 Å². The van der Waals surface area contributed by atoms with E-state index in [-0.39, 0.29) is 6.61 Å². The molecule has 1 aromatic heterocycles. The van der Waals surface area contributed by atoms with Crippen LogP contribution in [0.15, 0.2) is 6.07 Å². The standard InChI is InChI=1S/C13H24N4OS/c1-3-5-14-12-10-13(17-11(2)16-12)15-6-9-19-8-4-7-18/h10,18H,3-9H2,1-2H3,(H2,14,15,16,17). The molecule has 0 amide bonds. The lowest BCUT2D eigenvalue weighted by molar-refractivity contribution is 0.296. The van der Waals surface area contributed by atoms with Crippen molar-refractivity contribution in [3.63, 3.8) is 0 Å². The molecule has 0 aliphatic heterocycles. The number of rotatable bonds is 10. The second-order valence-electron chi connectivity index (χ2n) is 4.23. The lowest BCUT2D eigenvalue weighted by atomic mass is 10.4. The summed E-state index contributed by atoms with van der Waals surface area (Å²) in [5, 5.41) is 15.3. The van der Waals surface area contributed by atoms with E-state index in [2.05, 4.69) is 27.5 Å². The maximum Gasteiger partial charge on any atom is 0.131 e. The summed E-state index contributed by atoms with van der Waals surface area (Å²) in [6.07, 6.45) is 1.94. The topological polar surface area (TPSA) is 70.1 Å². The van der Waals surface area contributed by atoms with Gasteiger partial charge < -0.3 is 15.7 Å². The summed E-state index contributed by atoms with van der Waals surface area (Å²) < 4.78 is 0. The van der Waals surface area contributed by atoms with Gasteiger partial charge in [-0.1, -0.05) is 6.92 Å². The van der Waals surface area contributed by atoms with Crippen LogP contribution in [0.5, 0.6) is 0 Å². The van der Waals surface area contributed by atoms with Crippen molar-refractivity contribution in [3.05, 3.63) is 11.9 Å². The van der Waals surface area contributed by atoms with Gasteiger partial charge in [-0.25, -0.2) is 9.97 Å². The van der Waals surface area contributed by atoms with Gasteiger partial charge in [0, 0.05) is 31.5 Å². The molecule has 0 atom stereocenters. The fourth-order valence-corrected chi connectivity index (χ4v) is 2.31. The molecule has 0 unspecified atom stereocenters. The van der Waals surface area contributed by atoms with E-state index < -0.39 is 0 Å². The van der Waals surface area contributed by atoms with Crippen LogP contribution in [0.1, 0.15) is 25.6 Å². The van der Waals surface area contributed by atoms with E-state index in [0.717, 1.165) is 54.9 Å². The average molecular weight is 284 g/mol. The van der Waals surface area contributed by atoms with Crippen molar-refractivity contribution in [1.82, 2.24) is 9.97 Å². The SMILES string of the molecule is CCCNc1cc(NCCSCCCO)nc(C)n1. The Morgan fingerprint density at radius 2 is 1.84 bits per heavy atom. The number of hydrogen-bond acceptors (Lipinski definition) is 6. The van der Waals surface area contributed by atoms with Gasteiger partial charge in [0.1, 0.15) is 17.5 Å². The maximum atomic E-state index is 8.68. The molecule has 0 saturated heterocycles. The van der Waals surface area contributed by atoms with E-state index in [9.17, 15) is 0 Å². The van der Waals surface area contributed by atoms with Gasteiger partial charge in [-0.3, -0.25) is 0 Å². The van der Waals surface area contributed by atoms with Gasteiger partial charge in [0.05, 0.1) is 0 Å². The van der Waals surface area contributed by atoms with E-state index in [1.807, 2.05) is 24.8 Å². The third-order valence-corrected chi connectivity index (χ3v) is 3.46. The summed E-state index contributed by atoms with van der Waals surface area (Å²) in [6.45, 7) is 6.10. The number of aromatic nitrogens is 2. The molecule has 108 valence electrons. The zero-order valence-electron chi connectivity index (χ0n) is 11.8. The lowest BCUT2D eigenvalue weighted by Crippen LogP contribution is -2.09. The number of aliphatic hydroxyl groups is 1. The Morgan fingerprint density at radius 1 is 1.16 bits per heavy atom. The van der Waals surface area contributed by atoms with E-state index >= 15 is 0 Å². The molecule has 0 aliphatic carbocycles. The Labute approximate surface area is 119 Å². The van der Waals surface area contributed by atoms with Crippen molar-refractivity contribution >= 4 is 23.4 Å². The summed E-state index contributed by atoms with van der Waals surface area (Å²) >= 11 is 1.84. The summed E-state index contributed by atoms with van der Waals surface area (Å²) in [4.78, 5) is 8.71. The summed E-state index contributed by atoms with van der Waals surface area (Å²) in [5.41, 5.74) is 0. The highest BCUT2D eigenvalue weighted by molar-refractivity contribution is 7.99. The van der Waals surface area contributed by atoms with Crippen molar-refractivity contribution in [1.29, 1.82) is 0 Å². The summed E-state index contributed by atoms with van der Waals surface area (Å²) in [5.74, 6) is 4.54. The molecule has 1 aromatic rings. The van der Waals surface area contributed by atoms with Crippen LogP contribution >= 0.6 is 11.8 Å². The molecule has 0 fully saturated rings. The monoisotopic (exact) mass is 284 g/mol. The first kappa shape index (κ1) is 16.0. The van der Waals surface area contributed by atoms with Crippen LogP contribution in [0, 0.1) is 6.92 Å². The molecule has 1 rings (SSSR count). The third-order valence-electron chi connectivity index (χ3n) is 2.39. The summed E-state index contributed by atoms with van der Waals surface area (Å²) in [6, 6.07) is 1.95. The predicted octanol–water partition coefficient (Wildman–Crippen LogP) is 2.13. The number of aryl methyl sites for hydroxylation is 1. The maximum absolute atomic E-state index is 8.68. The first-order chi connectivity index (χ1) is 9.26. The molecule has 0 radical (unpaired) electrons. The highest BCUT2D eigenvalue weighted by atomic mass is 32.2. The Kier molecular flexibility index (Phi) is 8.33. The van der Waals surface area contributed by atoms with Gasteiger partial charge in [0.15, 0.2) is 0 Å². The van der Waals surface area contributed by atoms with Gasteiger partial charge in [-0.05, 0) is 25.5 Å². The lowest BCUT2D eigenvalue weighted by Gasteiger charge is -2.09. The molecule has 0 bridgehead atoms. The fraction of sp³-hybridized carbons (Fsp3) is 0.692. The van der Waals surface area contributed by atoms with Crippen LogP contribution in [-0.2, 0) is 0 Å². The first-order valence-corrected chi connectivity index (χ1v) is 7.93. The number of anilines is 2. The van der Waals surface area contributed by atoms with Crippen LogP contribution in [0.25, 0.3) is 0 Å². The van der Waals surface area contributed by atoms with Gasteiger partial charge in [0.25, 0.3) is 0 Å². The number of aliphatic hydroxyl groups excluding tert-OH is 1. The predicted molar refractivity (Wildman–Crippen MR) is 83.1 cm³/mol. The normalized spacial score (nSPS) is 10.5. The van der Waals surface area contributed by atoms with Crippen molar-refractivity contribution in [2.75, 3.05) is 41.8 Å². The zero-order chi connectivity index (χ0) is 13.9. The van der Waals surface area contributed by atoms with Crippen molar-refractivity contribution in [2.45, 2.75) is 26.7 Å². The zero-order valence-corrected chi connectivity index (χ0v) is 12.6. The molecule has 19 heavy (non-hydrogen) atoms. The van der Waals surface area contributed by atoms with E-state index in [0.29, 0.717) is 0 Å². The van der Waals surface area contributed by atoms with Gasteiger partial charge in [-0.15, -0.1) is 0 Å². The average Bonchev–Trinajstić information content (AvgIpc) is 2.40. The van der Waals surface area contributed by atoms with Gasteiger partial charge >= 0.3 is 0 Å². The minimum Gasteiger partial charge on any atom is -0.396 e. The Hall–Kier alpha value is -1.01. The van der Waals surface area contributed by atoms with Gasteiger partial charge in [0.2, 0.25) is 0 Å². The molecule has 0 spiro atoms. The van der Waals surface area contributed by atoms with Crippen LogP contribution in [-0.4, -0.2) is 46.3 Å². The highest BCUT2D eigenvalue weighted by Crippen LogP contribution is 2.11. The molecule has 3 N–H and O–H groups in total. The van der Waals surface area contributed by atoms with E-state index in [4.69, 9.17) is 5.11 Å². The molecule has 0 saturated carbocycles. The van der Waals surface area contributed by atoms with Crippen LogP contribution in [0.3, 0.4) is 0 Å². The molecule has 0 aromatic carbocycles. The molecule has 1 heterocycles. The molecule has 6 heteroatoms. The first-order valence-electron chi connectivity index (χ1n) is 6.78. The van der Waals surface area contributed by atoms with Crippen molar-refractivity contribution < 1.29 is 5.11 Å². The Balaban J connectivity index is 2.34. The highest BCUT2D eigenvalue weighted by Gasteiger charge is 2.00. The molecular formula is C13H24N4OS. The number of nitrogens with one attached hydrogen (secondary N) is 2. The minimum atomic E-state index is 0.276. The second-order valence-corrected chi connectivity index (χ2v) is 5.45. The minimum absolute atomic E-state index is 0.276. The summed E-state index contributed by atoms with van der Waals surface area (Å²) in [7, 11) is 0. The van der Waals surface area contributed by atoms with Gasteiger partial charge in [-0.2, -0.15) is 11.8 Å². The fourth-order valence-electron chi connectivity index (χ4n) is 1.52. The Bertz CT molecular complexity index is 362. The number of nitrogens with zero attached hydrogens (tertiary/aromatic N) is 2. The number of hydrogen-bond donors (Lipinski definition) is 3. The second kappa shape index (κ2) is 9.86. The van der Waals surface area contributed by atoms with Crippen LogP contribution in [0.2, 0.25) is 0 Å². The number of thioether (sulfide) groups is 1. The molecule has 0 aliphatic rings. The molecular weight excluding hydrogens is 260 g/mol. The van der Waals surface area contributed by atoms with Crippen LogP contribution in [0.4, 0.5) is 11.6 Å². The quantitative estimate of drug-likeness (QED) is 0.572. The third kappa shape index (κ3) is 7.22. The Morgan fingerprint density at radius 3 is 2.47 bits per heavy atom. The van der Waals surface area contributed by atoms with E-state index in [1.165, 1.54) is 0 Å². The largest absolute Gasteiger partial charge is 0.396 e. The van der Waals surface area contributed by atoms with Crippen molar-refractivity contribution in [2.24, 2.45) is 0 Å². The molecule has 5 nitrogen and oxygen atoms in total. The smallest absolute Gasteiger partial charge is 0.131 e.